The van der Waals surface area contributed by atoms with E-state index in [1.807, 2.05) is 24.0 Å². The molecule has 3 heteroatoms. The van der Waals surface area contributed by atoms with Crippen LogP contribution >= 0.6 is 0 Å². The fourth-order valence-corrected chi connectivity index (χ4v) is 4.14. The second kappa shape index (κ2) is 7.53. The number of hydrogen-bond donors (Lipinski definition) is 0. The first-order valence-electron chi connectivity index (χ1n) is 9.88. The lowest BCUT2D eigenvalue weighted by atomic mass is 9.92. The first-order valence-corrected chi connectivity index (χ1v) is 9.88. The summed E-state index contributed by atoms with van der Waals surface area (Å²) in [6.45, 7) is 3.50. The average molecular weight is 349 g/mol. The largest absolute Gasteiger partial charge is 0.481 e. The Balaban J connectivity index is 1.46. The van der Waals surface area contributed by atoms with Crippen molar-refractivity contribution in [2.75, 3.05) is 6.54 Å². The molecule has 26 heavy (non-hydrogen) atoms. The van der Waals surface area contributed by atoms with E-state index in [0.717, 1.165) is 25.1 Å². The zero-order valence-corrected chi connectivity index (χ0v) is 15.5. The van der Waals surface area contributed by atoms with E-state index in [0.29, 0.717) is 13.0 Å². The van der Waals surface area contributed by atoms with Crippen molar-refractivity contribution in [1.82, 2.24) is 4.90 Å². The number of amides is 1. The maximum absolute atomic E-state index is 13.0. The van der Waals surface area contributed by atoms with E-state index in [-0.39, 0.29) is 5.91 Å². The van der Waals surface area contributed by atoms with Gasteiger partial charge in [-0.05, 0) is 72.9 Å². The Labute approximate surface area is 156 Å². The number of benzene rings is 2. The van der Waals surface area contributed by atoms with E-state index in [2.05, 4.69) is 30.3 Å². The molecular weight excluding hydrogens is 322 g/mol. The van der Waals surface area contributed by atoms with Gasteiger partial charge in [0.25, 0.3) is 5.91 Å². The van der Waals surface area contributed by atoms with Gasteiger partial charge in [0, 0.05) is 13.1 Å². The fraction of sp³-hybridized carbons (Fsp3) is 0.435. The van der Waals surface area contributed by atoms with E-state index in [1.165, 1.54) is 41.5 Å². The predicted molar refractivity (Wildman–Crippen MR) is 103 cm³/mol. The van der Waals surface area contributed by atoms with Crippen LogP contribution in [0.2, 0.25) is 0 Å². The number of fused-ring (bicyclic) bond motifs is 2. The second-order valence-electron chi connectivity index (χ2n) is 7.43. The monoisotopic (exact) mass is 349 g/mol. The number of aryl methyl sites for hydroxylation is 2. The van der Waals surface area contributed by atoms with Crippen LogP contribution in [0.4, 0.5) is 0 Å². The van der Waals surface area contributed by atoms with Crippen LogP contribution in [0.1, 0.15) is 48.4 Å². The molecule has 0 aromatic heterocycles. The Bertz CT molecular complexity index is 799. The van der Waals surface area contributed by atoms with Crippen molar-refractivity contribution in [3.05, 3.63) is 64.7 Å². The van der Waals surface area contributed by atoms with Crippen LogP contribution in [0.5, 0.6) is 5.75 Å². The highest BCUT2D eigenvalue weighted by Gasteiger charge is 2.27. The van der Waals surface area contributed by atoms with Crippen molar-refractivity contribution in [3.8, 4) is 5.75 Å². The van der Waals surface area contributed by atoms with Gasteiger partial charge in [-0.15, -0.1) is 0 Å². The number of hydrogen-bond acceptors (Lipinski definition) is 2. The normalized spacial score (nSPS) is 17.2. The predicted octanol–water partition coefficient (Wildman–Crippen LogP) is 4.31. The van der Waals surface area contributed by atoms with Crippen LogP contribution in [0, 0.1) is 0 Å². The molecule has 136 valence electrons. The maximum atomic E-state index is 13.0. The highest BCUT2D eigenvalue weighted by atomic mass is 16.5. The topological polar surface area (TPSA) is 29.5 Å². The number of carbonyl (C=O) groups excluding carboxylic acids is 1. The van der Waals surface area contributed by atoms with Crippen LogP contribution in [0.15, 0.2) is 42.5 Å². The lowest BCUT2D eigenvalue weighted by molar-refractivity contribution is -0.139. The molecule has 3 nitrogen and oxygen atoms in total. The van der Waals surface area contributed by atoms with Crippen molar-refractivity contribution < 1.29 is 9.53 Å². The zero-order valence-electron chi connectivity index (χ0n) is 15.5. The highest BCUT2D eigenvalue weighted by Crippen LogP contribution is 2.27. The number of ether oxygens (including phenoxy) is 1. The molecule has 2 aromatic carbocycles. The molecule has 1 aliphatic heterocycles. The first kappa shape index (κ1) is 17.1. The number of nitrogens with zero attached hydrogens (tertiary/aromatic N) is 1. The van der Waals surface area contributed by atoms with Crippen molar-refractivity contribution in [2.24, 2.45) is 0 Å². The van der Waals surface area contributed by atoms with Crippen molar-refractivity contribution in [3.63, 3.8) is 0 Å². The summed E-state index contributed by atoms with van der Waals surface area (Å²) in [6, 6.07) is 14.8. The van der Waals surface area contributed by atoms with E-state index < -0.39 is 6.10 Å². The summed E-state index contributed by atoms with van der Waals surface area (Å²) in [5, 5.41) is 0. The summed E-state index contributed by atoms with van der Waals surface area (Å²) in [5.41, 5.74) is 5.45. The molecule has 1 amide bonds. The third kappa shape index (κ3) is 3.48. The smallest absolute Gasteiger partial charge is 0.263 e. The average Bonchev–Trinajstić information content (AvgIpc) is 2.71. The minimum Gasteiger partial charge on any atom is -0.481 e. The van der Waals surface area contributed by atoms with Gasteiger partial charge in [-0.3, -0.25) is 4.79 Å². The Morgan fingerprint density at radius 3 is 2.54 bits per heavy atom. The van der Waals surface area contributed by atoms with Gasteiger partial charge in [0.15, 0.2) is 6.10 Å². The van der Waals surface area contributed by atoms with E-state index >= 15 is 0 Å². The Morgan fingerprint density at radius 2 is 1.73 bits per heavy atom. The van der Waals surface area contributed by atoms with Gasteiger partial charge in [0.2, 0.25) is 0 Å². The van der Waals surface area contributed by atoms with E-state index in [1.54, 1.807) is 0 Å². The van der Waals surface area contributed by atoms with Gasteiger partial charge >= 0.3 is 0 Å². The molecule has 0 bridgehead atoms. The van der Waals surface area contributed by atoms with Crippen LogP contribution in [0.3, 0.4) is 0 Å². The standard InChI is InChI=1S/C23H27NO2/c1-2-22(26-21-12-11-17-7-3-5-9-19(17)15-21)23(25)24-14-13-18-8-4-6-10-20(18)16-24/h4,6,8,10-12,15,22H,2-3,5,7,9,13-14,16H2,1H3/t22-/m0/s1. The summed E-state index contributed by atoms with van der Waals surface area (Å²) in [5.74, 6) is 0.947. The minimum absolute atomic E-state index is 0.111. The van der Waals surface area contributed by atoms with Crippen LogP contribution in [-0.2, 0) is 30.6 Å². The fourth-order valence-electron chi connectivity index (χ4n) is 4.14. The molecule has 0 saturated heterocycles. The van der Waals surface area contributed by atoms with Gasteiger partial charge in [0.1, 0.15) is 5.75 Å². The Morgan fingerprint density at radius 1 is 1.00 bits per heavy atom. The Kier molecular flexibility index (Phi) is 4.96. The van der Waals surface area contributed by atoms with Crippen molar-refractivity contribution in [2.45, 2.75) is 58.1 Å². The molecule has 0 saturated carbocycles. The number of carbonyl (C=O) groups is 1. The highest BCUT2D eigenvalue weighted by molar-refractivity contribution is 5.81. The summed E-state index contributed by atoms with van der Waals surface area (Å²) in [4.78, 5) is 15.0. The van der Waals surface area contributed by atoms with E-state index in [9.17, 15) is 4.79 Å². The van der Waals surface area contributed by atoms with Crippen molar-refractivity contribution in [1.29, 1.82) is 0 Å². The maximum Gasteiger partial charge on any atom is 0.263 e. The van der Waals surface area contributed by atoms with Crippen LogP contribution in [-0.4, -0.2) is 23.5 Å². The summed E-state index contributed by atoms with van der Waals surface area (Å²) in [6.07, 6.45) is 6.03. The molecule has 0 fully saturated rings. The quantitative estimate of drug-likeness (QED) is 0.823. The zero-order chi connectivity index (χ0) is 17.9. The van der Waals surface area contributed by atoms with Gasteiger partial charge in [0.05, 0.1) is 0 Å². The molecule has 0 radical (unpaired) electrons. The molecule has 2 aliphatic rings. The molecular formula is C23H27NO2. The molecule has 4 rings (SSSR count). The number of rotatable bonds is 4. The molecule has 1 aliphatic carbocycles. The molecule has 0 spiro atoms. The lowest BCUT2D eigenvalue weighted by Gasteiger charge is -2.31. The molecule has 2 aromatic rings. The molecule has 1 atom stereocenters. The molecule has 0 unspecified atom stereocenters. The summed E-state index contributed by atoms with van der Waals surface area (Å²) in [7, 11) is 0. The Hall–Kier alpha value is -2.29. The van der Waals surface area contributed by atoms with Crippen LogP contribution in [0.25, 0.3) is 0 Å². The van der Waals surface area contributed by atoms with Crippen LogP contribution < -0.4 is 4.74 Å². The lowest BCUT2D eigenvalue weighted by Crippen LogP contribution is -2.44. The second-order valence-corrected chi connectivity index (χ2v) is 7.43. The third-order valence-electron chi connectivity index (χ3n) is 5.69. The van der Waals surface area contributed by atoms with Gasteiger partial charge in [-0.25, -0.2) is 0 Å². The third-order valence-corrected chi connectivity index (χ3v) is 5.69. The minimum atomic E-state index is -0.401. The van der Waals surface area contributed by atoms with E-state index in [4.69, 9.17) is 4.74 Å². The summed E-state index contributed by atoms with van der Waals surface area (Å²) >= 11 is 0. The van der Waals surface area contributed by atoms with Crippen molar-refractivity contribution >= 4 is 5.91 Å². The first-order chi connectivity index (χ1) is 12.7. The van der Waals surface area contributed by atoms with Gasteiger partial charge < -0.3 is 9.64 Å². The van der Waals surface area contributed by atoms with Gasteiger partial charge in [-0.1, -0.05) is 37.3 Å². The molecule has 0 N–H and O–H groups in total. The summed E-state index contributed by atoms with van der Waals surface area (Å²) < 4.78 is 6.14. The molecule has 1 heterocycles. The van der Waals surface area contributed by atoms with Gasteiger partial charge in [-0.2, -0.15) is 0 Å². The SMILES string of the molecule is CC[C@H](Oc1ccc2c(c1)CCCC2)C(=O)N1CCc2ccccc2C1.